The zero-order valence-electron chi connectivity index (χ0n) is 20.2. The summed E-state index contributed by atoms with van der Waals surface area (Å²) in [5.74, 6) is -1.98. The Kier molecular flexibility index (Phi) is 8.70. The van der Waals surface area contributed by atoms with Crippen molar-refractivity contribution in [2.24, 2.45) is 0 Å². The molecule has 37 heavy (non-hydrogen) atoms. The van der Waals surface area contributed by atoms with Crippen molar-refractivity contribution in [3.8, 4) is 11.1 Å². The first-order chi connectivity index (χ1) is 17.9. The third-order valence-corrected chi connectivity index (χ3v) is 6.51. The SMILES string of the molecule is O=C(O)Cc1ccccc1-c1ccc(CN(CCCc2ccccc2)C(=O)c2c(F)cccc2Cl)cc1. The average molecular weight is 516 g/mol. The van der Waals surface area contributed by atoms with Crippen molar-refractivity contribution in [3.05, 3.63) is 130 Å². The molecule has 0 aromatic heterocycles. The smallest absolute Gasteiger partial charge is 0.307 e. The molecule has 0 radical (unpaired) electrons. The number of rotatable bonds is 10. The molecule has 0 spiro atoms. The van der Waals surface area contributed by atoms with Gasteiger partial charge in [0.2, 0.25) is 0 Å². The summed E-state index contributed by atoms with van der Waals surface area (Å²) in [6, 6.07) is 29.3. The number of amides is 1. The third kappa shape index (κ3) is 6.83. The lowest BCUT2D eigenvalue weighted by Gasteiger charge is -2.24. The van der Waals surface area contributed by atoms with Crippen LogP contribution in [0.5, 0.6) is 0 Å². The van der Waals surface area contributed by atoms with Crippen LogP contribution in [-0.2, 0) is 24.2 Å². The van der Waals surface area contributed by atoms with Crippen LogP contribution in [0.15, 0.2) is 97.1 Å². The second-order valence-electron chi connectivity index (χ2n) is 8.84. The number of halogens is 2. The second kappa shape index (κ2) is 12.3. The molecule has 0 bridgehead atoms. The van der Waals surface area contributed by atoms with E-state index in [4.69, 9.17) is 11.6 Å². The highest BCUT2D eigenvalue weighted by molar-refractivity contribution is 6.33. The van der Waals surface area contributed by atoms with E-state index in [1.165, 1.54) is 23.8 Å². The minimum absolute atomic E-state index is 0.0645. The molecule has 0 aliphatic carbocycles. The van der Waals surface area contributed by atoms with E-state index < -0.39 is 17.7 Å². The largest absolute Gasteiger partial charge is 0.481 e. The molecular weight excluding hydrogens is 489 g/mol. The Hall–Kier alpha value is -3.96. The number of carboxylic acids is 1. The van der Waals surface area contributed by atoms with Gasteiger partial charge in [-0.1, -0.05) is 96.5 Å². The first kappa shape index (κ1) is 26.1. The zero-order valence-corrected chi connectivity index (χ0v) is 21.0. The Labute approximate surface area is 221 Å². The van der Waals surface area contributed by atoms with Gasteiger partial charge in [0.25, 0.3) is 5.91 Å². The lowest BCUT2D eigenvalue weighted by molar-refractivity contribution is -0.136. The van der Waals surface area contributed by atoms with Crippen LogP contribution in [-0.4, -0.2) is 28.4 Å². The van der Waals surface area contributed by atoms with Gasteiger partial charge in [-0.3, -0.25) is 9.59 Å². The molecule has 1 N–H and O–H groups in total. The molecule has 4 aromatic rings. The molecule has 4 aromatic carbocycles. The predicted octanol–water partition coefficient (Wildman–Crippen LogP) is 7.05. The zero-order chi connectivity index (χ0) is 26.2. The van der Waals surface area contributed by atoms with E-state index in [2.05, 4.69) is 0 Å². The Balaban J connectivity index is 1.55. The molecule has 0 unspecified atom stereocenters. The number of aliphatic carboxylic acids is 1. The number of carbonyl (C=O) groups is 2. The molecule has 6 heteroatoms. The minimum Gasteiger partial charge on any atom is -0.481 e. The van der Waals surface area contributed by atoms with E-state index in [1.807, 2.05) is 78.9 Å². The van der Waals surface area contributed by atoms with Crippen LogP contribution in [0.25, 0.3) is 11.1 Å². The van der Waals surface area contributed by atoms with Crippen molar-refractivity contribution in [1.29, 1.82) is 0 Å². The lowest BCUT2D eigenvalue weighted by atomic mass is 9.97. The summed E-state index contributed by atoms with van der Waals surface area (Å²) >= 11 is 6.21. The number of carbonyl (C=O) groups excluding carboxylic acids is 1. The Morgan fingerprint density at radius 3 is 2.22 bits per heavy atom. The first-order valence-corrected chi connectivity index (χ1v) is 12.5. The van der Waals surface area contributed by atoms with Gasteiger partial charge in [-0.25, -0.2) is 4.39 Å². The molecule has 0 fully saturated rings. The van der Waals surface area contributed by atoms with E-state index in [-0.39, 0.29) is 23.6 Å². The fourth-order valence-corrected chi connectivity index (χ4v) is 4.60. The summed E-state index contributed by atoms with van der Waals surface area (Å²) in [5, 5.41) is 9.32. The lowest BCUT2D eigenvalue weighted by Crippen LogP contribution is -2.32. The number of aryl methyl sites for hydroxylation is 1. The Morgan fingerprint density at radius 1 is 0.811 bits per heavy atom. The first-order valence-electron chi connectivity index (χ1n) is 12.1. The number of hydrogen-bond acceptors (Lipinski definition) is 2. The molecule has 1 amide bonds. The normalized spacial score (nSPS) is 10.8. The summed E-state index contributed by atoms with van der Waals surface area (Å²) < 4.78 is 14.6. The van der Waals surface area contributed by atoms with Gasteiger partial charge in [-0.2, -0.15) is 0 Å². The van der Waals surface area contributed by atoms with Gasteiger partial charge in [-0.05, 0) is 52.8 Å². The monoisotopic (exact) mass is 515 g/mol. The summed E-state index contributed by atoms with van der Waals surface area (Å²) in [6.07, 6.45) is 1.43. The van der Waals surface area contributed by atoms with Crippen molar-refractivity contribution in [3.63, 3.8) is 0 Å². The molecule has 4 nitrogen and oxygen atoms in total. The quantitative estimate of drug-likeness (QED) is 0.246. The summed E-state index contributed by atoms with van der Waals surface area (Å²) in [7, 11) is 0. The number of carboxylic acid groups (broad SMARTS) is 1. The minimum atomic E-state index is -0.888. The van der Waals surface area contributed by atoms with E-state index in [0.717, 1.165) is 28.7 Å². The van der Waals surface area contributed by atoms with Crippen molar-refractivity contribution < 1.29 is 19.1 Å². The maximum Gasteiger partial charge on any atom is 0.307 e. The average Bonchev–Trinajstić information content (AvgIpc) is 2.89. The molecule has 0 saturated heterocycles. The fourth-order valence-electron chi connectivity index (χ4n) is 4.36. The van der Waals surface area contributed by atoms with Crippen molar-refractivity contribution in [2.75, 3.05) is 6.54 Å². The molecule has 4 rings (SSSR count). The maximum atomic E-state index is 14.6. The highest BCUT2D eigenvalue weighted by Gasteiger charge is 2.22. The van der Waals surface area contributed by atoms with Gasteiger partial charge in [0.15, 0.2) is 0 Å². The van der Waals surface area contributed by atoms with Crippen LogP contribution in [0.3, 0.4) is 0 Å². The Morgan fingerprint density at radius 2 is 1.51 bits per heavy atom. The van der Waals surface area contributed by atoms with Gasteiger partial charge < -0.3 is 10.0 Å². The summed E-state index contributed by atoms with van der Waals surface area (Å²) in [4.78, 5) is 26.3. The van der Waals surface area contributed by atoms with Crippen LogP contribution in [0.1, 0.15) is 33.5 Å². The number of nitrogens with zero attached hydrogens (tertiary/aromatic N) is 1. The molecule has 0 aliphatic heterocycles. The number of benzene rings is 4. The van der Waals surface area contributed by atoms with Crippen molar-refractivity contribution in [1.82, 2.24) is 4.90 Å². The summed E-state index contributed by atoms with van der Waals surface area (Å²) in [6.45, 7) is 0.719. The molecule has 188 valence electrons. The molecule has 0 heterocycles. The van der Waals surface area contributed by atoms with Gasteiger partial charge in [-0.15, -0.1) is 0 Å². The topological polar surface area (TPSA) is 57.6 Å². The van der Waals surface area contributed by atoms with E-state index in [9.17, 15) is 19.1 Å². The van der Waals surface area contributed by atoms with E-state index in [0.29, 0.717) is 13.0 Å². The predicted molar refractivity (Wildman–Crippen MR) is 144 cm³/mol. The fraction of sp³-hybridized carbons (Fsp3) is 0.161. The standard InChI is InChI=1S/C31H27ClFNO3/c32-27-13-6-14-28(33)30(27)31(37)34(19-7-10-22-8-2-1-3-9-22)21-23-15-17-24(18-16-23)26-12-5-4-11-25(26)20-29(35)36/h1-6,8-9,11-18H,7,10,19-21H2,(H,35,36). The van der Waals surface area contributed by atoms with Gasteiger partial charge in [0, 0.05) is 13.1 Å². The van der Waals surface area contributed by atoms with Crippen LogP contribution < -0.4 is 0 Å². The van der Waals surface area contributed by atoms with Crippen LogP contribution in [0.4, 0.5) is 4.39 Å². The maximum absolute atomic E-state index is 14.6. The van der Waals surface area contributed by atoms with Crippen LogP contribution >= 0.6 is 11.6 Å². The van der Waals surface area contributed by atoms with E-state index in [1.54, 1.807) is 4.90 Å². The molecule has 0 saturated carbocycles. The molecule has 0 aliphatic rings. The highest BCUT2D eigenvalue weighted by atomic mass is 35.5. The third-order valence-electron chi connectivity index (χ3n) is 6.20. The Bertz CT molecular complexity index is 1350. The van der Waals surface area contributed by atoms with Gasteiger partial charge in [0.05, 0.1) is 17.0 Å². The highest BCUT2D eigenvalue weighted by Crippen LogP contribution is 2.26. The van der Waals surface area contributed by atoms with E-state index >= 15 is 0 Å². The van der Waals surface area contributed by atoms with Gasteiger partial charge >= 0.3 is 5.97 Å². The van der Waals surface area contributed by atoms with Crippen molar-refractivity contribution in [2.45, 2.75) is 25.8 Å². The summed E-state index contributed by atoms with van der Waals surface area (Å²) in [5.41, 5.74) is 4.39. The van der Waals surface area contributed by atoms with Crippen molar-refractivity contribution >= 4 is 23.5 Å². The number of hydrogen-bond donors (Lipinski definition) is 1. The molecular formula is C31H27ClFNO3. The van der Waals surface area contributed by atoms with Crippen LogP contribution in [0, 0.1) is 5.82 Å². The second-order valence-corrected chi connectivity index (χ2v) is 9.24. The van der Waals surface area contributed by atoms with Gasteiger partial charge in [0.1, 0.15) is 5.82 Å². The van der Waals surface area contributed by atoms with Crippen LogP contribution in [0.2, 0.25) is 5.02 Å². The molecule has 0 atom stereocenters.